The van der Waals surface area contributed by atoms with Gasteiger partial charge in [-0.25, -0.2) is 0 Å². The molecule has 11 heavy (non-hydrogen) atoms. The summed E-state index contributed by atoms with van der Waals surface area (Å²) in [7, 11) is 0. The normalized spacial score (nSPS) is 13.0. The molecule has 0 aromatic carbocycles. The fraction of sp³-hybridized carbons (Fsp3) is 0.857. The number of Topliss-reactive ketones (excluding diaryl/α,β-unsaturated/α-hetero) is 1. The third-order valence-corrected chi connectivity index (χ3v) is 2.08. The predicted molar refractivity (Wildman–Crippen MR) is 49.1 cm³/mol. The molecule has 0 aliphatic rings. The van der Waals surface area contributed by atoms with Crippen LogP contribution < -0.4 is 0 Å². The van der Waals surface area contributed by atoms with E-state index in [2.05, 4.69) is 15.9 Å². The molecule has 0 heterocycles. The van der Waals surface area contributed by atoms with Crippen LogP contribution in [0.15, 0.2) is 0 Å². The molecule has 1 unspecified atom stereocenters. The largest absolute Gasteiger partial charge is 0.396 e. The first kappa shape index (κ1) is 11.4. The number of hydrogen-bond donors (Lipinski definition) is 1. The summed E-state index contributed by atoms with van der Waals surface area (Å²) >= 11 is 8.43. The number of rotatable bonds is 6. The number of aliphatic hydroxyl groups is 1. The van der Waals surface area contributed by atoms with Crippen molar-refractivity contribution >= 4 is 33.3 Å². The van der Waals surface area contributed by atoms with Gasteiger partial charge in [-0.2, -0.15) is 0 Å². The Morgan fingerprint density at radius 2 is 2.09 bits per heavy atom. The van der Waals surface area contributed by atoms with Crippen molar-refractivity contribution < 1.29 is 9.90 Å². The molecule has 1 N–H and O–H groups in total. The fourth-order valence-electron chi connectivity index (χ4n) is 0.697. The second-order valence-electron chi connectivity index (χ2n) is 2.30. The molecular weight excluding hydrogens is 231 g/mol. The van der Waals surface area contributed by atoms with Crippen LogP contribution in [-0.2, 0) is 4.79 Å². The van der Waals surface area contributed by atoms with Gasteiger partial charge in [0.1, 0.15) is 4.29 Å². The molecule has 0 saturated carbocycles. The van der Waals surface area contributed by atoms with Crippen molar-refractivity contribution in [3.05, 3.63) is 0 Å². The van der Waals surface area contributed by atoms with Crippen molar-refractivity contribution in [2.45, 2.75) is 30.0 Å². The Balaban J connectivity index is 3.18. The van der Waals surface area contributed by atoms with Crippen LogP contribution in [0.5, 0.6) is 0 Å². The summed E-state index contributed by atoms with van der Waals surface area (Å²) in [6.07, 6.45) is 2.97. The maximum Gasteiger partial charge on any atom is 0.161 e. The SMILES string of the molecule is O=C(CCCCCO)C(Cl)Br. The molecule has 66 valence electrons. The van der Waals surface area contributed by atoms with E-state index in [0.717, 1.165) is 19.3 Å². The topological polar surface area (TPSA) is 37.3 Å². The van der Waals surface area contributed by atoms with Crippen LogP contribution in [0.1, 0.15) is 25.7 Å². The number of ketones is 1. The first-order valence-electron chi connectivity index (χ1n) is 3.60. The Kier molecular flexibility index (Phi) is 7.33. The average Bonchev–Trinajstić information content (AvgIpc) is 1.97. The number of alkyl halides is 2. The monoisotopic (exact) mass is 242 g/mol. The predicted octanol–water partition coefficient (Wildman–Crippen LogP) is 2.07. The van der Waals surface area contributed by atoms with E-state index < -0.39 is 4.29 Å². The molecule has 0 aliphatic carbocycles. The van der Waals surface area contributed by atoms with Crippen LogP contribution in [0.2, 0.25) is 0 Å². The first-order chi connectivity index (χ1) is 5.18. The minimum Gasteiger partial charge on any atom is -0.396 e. The summed E-state index contributed by atoms with van der Waals surface area (Å²) < 4.78 is -0.545. The third-order valence-electron chi connectivity index (χ3n) is 1.32. The number of aliphatic hydroxyl groups excluding tert-OH is 1. The Bertz CT molecular complexity index is 117. The van der Waals surface area contributed by atoms with Gasteiger partial charge in [0.2, 0.25) is 0 Å². The molecule has 0 aromatic heterocycles. The molecule has 0 bridgehead atoms. The summed E-state index contributed by atoms with van der Waals surface area (Å²) in [5.74, 6) is 0.0182. The van der Waals surface area contributed by atoms with Crippen LogP contribution >= 0.6 is 27.5 Å². The molecular formula is C7H12BrClO2. The summed E-state index contributed by atoms with van der Waals surface area (Å²) in [5, 5.41) is 8.42. The van der Waals surface area contributed by atoms with E-state index >= 15 is 0 Å². The van der Waals surface area contributed by atoms with Crippen LogP contribution in [0.3, 0.4) is 0 Å². The maximum atomic E-state index is 10.9. The summed E-state index contributed by atoms with van der Waals surface area (Å²) in [5.41, 5.74) is 0. The number of carbonyl (C=O) groups is 1. The van der Waals surface area contributed by atoms with Crippen LogP contribution in [0, 0.1) is 0 Å². The number of halogens is 2. The molecule has 0 fully saturated rings. The van der Waals surface area contributed by atoms with E-state index in [-0.39, 0.29) is 12.4 Å². The highest BCUT2D eigenvalue weighted by atomic mass is 79.9. The zero-order chi connectivity index (χ0) is 8.69. The first-order valence-corrected chi connectivity index (χ1v) is 4.95. The van der Waals surface area contributed by atoms with Crippen molar-refractivity contribution in [3.63, 3.8) is 0 Å². The minimum atomic E-state index is -0.545. The van der Waals surface area contributed by atoms with E-state index in [4.69, 9.17) is 16.7 Å². The molecule has 0 saturated heterocycles. The molecule has 0 aromatic rings. The van der Waals surface area contributed by atoms with Crippen LogP contribution in [0.25, 0.3) is 0 Å². The quantitative estimate of drug-likeness (QED) is 0.573. The van der Waals surface area contributed by atoms with Gasteiger partial charge in [0.05, 0.1) is 0 Å². The highest BCUT2D eigenvalue weighted by Crippen LogP contribution is 2.11. The van der Waals surface area contributed by atoms with Crippen molar-refractivity contribution in [1.82, 2.24) is 0 Å². The summed E-state index contributed by atoms with van der Waals surface area (Å²) in [4.78, 5) is 10.9. The molecule has 0 spiro atoms. The van der Waals surface area contributed by atoms with Crippen molar-refractivity contribution in [2.24, 2.45) is 0 Å². The van der Waals surface area contributed by atoms with Crippen LogP contribution in [-0.4, -0.2) is 21.8 Å². The van der Waals surface area contributed by atoms with Gasteiger partial charge in [-0.3, -0.25) is 4.79 Å². The number of carbonyl (C=O) groups excluding carboxylic acids is 1. The lowest BCUT2D eigenvalue weighted by Gasteiger charge is -1.99. The Labute approximate surface area is 80.1 Å². The van der Waals surface area contributed by atoms with E-state index in [0.29, 0.717) is 6.42 Å². The second kappa shape index (κ2) is 7.07. The Hall–Kier alpha value is 0.400. The van der Waals surface area contributed by atoms with Gasteiger partial charge in [-0.1, -0.05) is 22.4 Å². The molecule has 0 amide bonds. The van der Waals surface area contributed by atoms with Gasteiger partial charge >= 0.3 is 0 Å². The molecule has 0 radical (unpaired) electrons. The molecule has 2 nitrogen and oxygen atoms in total. The van der Waals surface area contributed by atoms with E-state index in [9.17, 15) is 4.79 Å². The molecule has 4 heteroatoms. The minimum absolute atomic E-state index is 0.0182. The van der Waals surface area contributed by atoms with Gasteiger partial charge in [-0.15, -0.1) is 11.6 Å². The van der Waals surface area contributed by atoms with Gasteiger partial charge in [0.25, 0.3) is 0 Å². The number of unbranched alkanes of at least 4 members (excludes halogenated alkanes) is 2. The van der Waals surface area contributed by atoms with Gasteiger partial charge < -0.3 is 5.11 Å². The maximum absolute atomic E-state index is 10.9. The lowest BCUT2D eigenvalue weighted by molar-refractivity contribution is -0.117. The highest BCUT2D eigenvalue weighted by molar-refractivity contribution is 9.10. The Morgan fingerprint density at radius 3 is 2.55 bits per heavy atom. The fourth-order valence-corrected chi connectivity index (χ4v) is 1.03. The standard InChI is InChI=1S/C7H12BrClO2/c8-7(9)6(11)4-2-1-3-5-10/h7,10H,1-5H2. The van der Waals surface area contributed by atoms with Gasteiger partial charge in [-0.05, 0) is 12.8 Å². The third kappa shape index (κ3) is 6.78. The smallest absolute Gasteiger partial charge is 0.161 e. The number of hydrogen-bond acceptors (Lipinski definition) is 2. The van der Waals surface area contributed by atoms with Crippen LogP contribution in [0.4, 0.5) is 0 Å². The van der Waals surface area contributed by atoms with Crippen molar-refractivity contribution in [3.8, 4) is 0 Å². The average molecular weight is 244 g/mol. The van der Waals surface area contributed by atoms with Crippen molar-refractivity contribution in [1.29, 1.82) is 0 Å². The zero-order valence-corrected chi connectivity index (χ0v) is 8.57. The second-order valence-corrected chi connectivity index (χ2v) is 4.18. The van der Waals surface area contributed by atoms with Gasteiger partial charge in [0.15, 0.2) is 5.78 Å². The lowest BCUT2D eigenvalue weighted by atomic mass is 10.1. The molecule has 1 atom stereocenters. The molecule has 0 aliphatic heterocycles. The van der Waals surface area contributed by atoms with E-state index in [1.54, 1.807) is 0 Å². The van der Waals surface area contributed by atoms with Gasteiger partial charge in [0, 0.05) is 13.0 Å². The van der Waals surface area contributed by atoms with Crippen molar-refractivity contribution in [2.75, 3.05) is 6.61 Å². The molecule has 0 rings (SSSR count). The Morgan fingerprint density at radius 1 is 1.45 bits per heavy atom. The summed E-state index contributed by atoms with van der Waals surface area (Å²) in [6.45, 7) is 0.201. The lowest BCUT2D eigenvalue weighted by Crippen LogP contribution is -2.06. The van der Waals surface area contributed by atoms with E-state index in [1.807, 2.05) is 0 Å². The summed E-state index contributed by atoms with van der Waals surface area (Å²) in [6, 6.07) is 0. The zero-order valence-electron chi connectivity index (χ0n) is 6.22. The highest BCUT2D eigenvalue weighted by Gasteiger charge is 2.09. The van der Waals surface area contributed by atoms with E-state index in [1.165, 1.54) is 0 Å².